The molecule has 0 aromatic carbocycles. The molecule has 6 unspecified atom stereocenters. The Kier molecular flexibility index (Phi) is 4.12. The van der Waals surface area contributed by atoms with Crippen molar-refractivity contribution in [3.05, 3.63) is 0 Å². The normalized spacial score (nSPS) is 43.7. The molecular formula is C17H28N2. The molecule has 3 rings (SSSR count). The van der Waals surface area contributed by atoms with Crippen molar-refractivity contribution in [3.63, 3.8) is 0 Å². The average Bonchev–Trinajstić information content (AvgIpc) is 2.98. The molecule has 0 amide bonds. The first-order valence-corrected chi connectivity index (χ1v) is 8.43. The second-order valence-electron chi connectivity index (χ2n) is 7.27. The van der Waals surface area contributed by atoms with E-state index in [1.54, 1.807) is 0 Å². The smallest absolute Gasteiger partial charge is 0.0672 e. The lowest BCUT2D eigenvalue weighted by Gasteiger charge is -2.33. The summed E-state index contributed by atoms with van der Waals surface area (Å²) in [5, 5.41) is 13.2. The van der Waals surface area contributed by atoms with Gasteiger partial charge in [0.05, 0.1) is 12.0 Å². The number of rotatable bonds is 3. The van der Waals surface area contributed by atoms with Crippen LogP contribution in [0.4, 0.5) is 0 Å². The fourth-order valence-corrected chi connectivity index (χ4v) is 5.03. The summed E-state index contributed by atoms with van der Waals surface area (Å²) in [5.74, 6) is 3.16. The van der Waals surface area contributed by atoms with E-state index >= 15 is 0 Å². The van der Waals surface area contributed by atoms with Crippen molar-refractivity contribution in [3.8, 4) is 6.07 Å². The third kappa shape index (κ3) is 2.82. The SMILES string of the molecule is CC(NC1CCCCCC1C#N)C1CC2CCC1C2. The van der Waals surface area contributed by atoms with Gasteiger partial charge >= 0.3 is 0 Å². The third-order valence-corrected chi connectivity index (χ3v) is 6.09. The Hall–Kier alpha value is -0.550. The fourth-order valence-electron chi connectivity index (χ4n) is 5.03. The van der Waals surface area contributed by atoms with Crippen LogP contribution in [-0.2, 0) is 0 Å². The van der Waals surface area contributed by atoms with Crippen LogP contribution in [0.3, 0.4) is 0 Å². The Morgan fingerprint density at radius 1 is 1.05 bits per heavy atom. The first-order chi connectivity index (χ1) is 9.28. The zero-order valence-electron chi connectivity index (χ0n) is 12.3. The Morgan fingerprint density at radius 2 is 1.89 bits per heavy atom. The van der Waals surface area contributed by atoms with E-state index < -0.39 is 0 Å². The predicted molar refractivity (Wildman–Crippen MR) is 77.5 cm³/mol. The van der Waals surface area contributed by atoms with Gasteiger partial charge in [-0.05, 0) is 56.8 Å². The summed E-state index contributed by atoms with van der Waals surface area (Å²) in [5.41, 5.74) is 0. The number of nitrogens with zero attached hydrogens (tertiary/aromatic N) is 1. The van der Waals surface area contributed by atoms with Crippen molar-refractivity contribution >= 4 is 0 Å². The highest BCUT2D eigenvalue weighted by molar-refractivity contribution is 4.98. The largest absolute Gasteiger partial charge is 0.310 e. The van der Waals surface area contributed by atoms with Crippen LogP contribution in [0, 0.1) is 35.0 Å². The summed E-state index contributed by atoms with van der Waals surface area (Å²) in [6.07, 6.45) is 12.1. The average molecular weight is 260 g/mol. The molecule has 2 heteroatoms. The summed E-state index contributed by atoms with van der Waals surface area (Å²) in [4.78, 5) is 0. The predicted octanol–water partition coefficient (Wildman–Crippen LogP) is 3.87. The Morgan fingerprint density at radius 3 is 2.58 bits per heavy atom. The lowest BCUT2D eigenvalue weighted by atomic mass is 9.83. The van der Waals surface area contributed by atoms with E-state index in [9.17, 15) is 5.26 Å². The molecule has 0 heterocycles. The van der Waals surface area contributed by atoms with Crippen LogP contribution in [0.2, 0.25) is 0 Å². The molecule has 0 aromatic heterocycles. The second-order valence-corrected chi connectivity index (χ2v) is 7.27. The zero-order valence-corrected chi connectivity index (χ0v) is 12.3. The van der Waals surface area contributed by atoms with E-state index in [4.69, 9.17) is 0 Å². The summed E-state index contributed by atoms with van der Waals surface area (Å²) in [6, 6.07) is 3.64. The lowest BCUT2D eigenvalue weighted by molar-refractivity contribution is 0.228. The summed E-state index contributed by atoms with van der Waals surface area (Å²) in [6.45, 7) is 2.38. The van der Waals surface area contributed by atoms with Gasteiger partial charge in [0.25, 0.3) is 0 Å². The van der Waals surface area contributed by atoms with E-state index in [1.165, 1.54) is 51.4 Å². The molecule has 6 atom stereocenters. The van der Waals surface area contributed by atoms with Crippen molar-refractivity contribution in [1.82, 2.24) is 5.32 Å². The van der Waals surface area contributed by atoms with Crippen molar-refractivity contribution in [2.75, 3.05) is 0 Å². The Balaban J connectivity index is 1.58. The molecule has 0 saturated heterocycles. The highest BCUT2D eigenvalue weighted by atomic mass is 15.0. The molecule has 0 aromatic rings. The van der Waals surface area contributed by atoms with Crippen molar-refractivity contribution < 1.29 is 0 Å². The van der Waals surface area contributed by atoms with E-state index in [0.717, 1.165) is 24.2 Å². The van der Waals surface area contributed by atoms with Gasteiger partial charge in [-0.25, -0.2) is 0 Å². The molecule has 0 spiro atoms. The number of nitrogens with one attached hydrogen (secondary N) is 1. The van der Waals surface area contributed by atoms with Gasteiger partial charge in [-0.1, -0.05) is 25.7 Å². The van der Waals surface area contributed by atoms with Crippen LogP contribution in [0.1, 0.15) is 64.7 Å². The van der Waals surface area contributed by atoms with Crippen molar-refractivity contribution in [2.45, 2.75) is 76.8 Å². The summed E-state index contributed by atoms with van der Waals surface area (Å²) in [7, 11) is 0. The molecule has 3 aliphatic carbocycles. The molecular weight excluding hydrogens is 232 g/mol. The van der Waals surface area contributed by atoms with Crippen molar-refractivity contribution in [1.29, 1.82) is 5.26 Å². The minimum Gasteiger partial charge on any atom is -0.310 e. The van der Waals surface area contributed by atoms with Crippen LogP contribution in [0.25, 0.3) is 0 Å². The maximum atomic E-state index is 9.38. The molecule has 0 radical (unpaired) electrons. The van der Waals surface area contributed by atoms with Gasteiger partial charge in [-0.2, -0.15) is 5.26 Å². The first-order valence-electron chi connectivity index (χ1n) is 8.43. The minimum atomic E-state index is 0.253. The molecule has 0 aliphatic heterocycles. The third-order valence-electron chi connectivity index (χ3n) is 6.09. The Bertz CT molecular complexity index is 346. The zero-order chi connectivity index (χ0) is 13.2. The molecule has 19 heavy (non-hydrogen) atoms. The molecule has 3 saturated carbocycles. The van der Waals surface area contributed by atoms with Crippen LogP contribution >= 0.6 is 0 Å². The second kappa shape index (κ2) is 5.83. The standard InChI is InChI=1S/C17H28N2/c1-12(16-10-13-7-8-14(16)9-13)19-17-6-4-2-3-5-15(17)11-18/h12-17,19H,2-10H2,1H3. The highest BCUT2D eigenvalue weighted by Crippen LogP contribution is 2.49. The van der Waals surface area contributed by atoms with Crippen LogP contribution in [-0.4, -0.2) is 12.1 Å². The first kappa shape index (κ1) is 13.4. The van der Waals surface area contributed by atoms with Crippen LogP contribution < -0.4 is 5.32 Å². The molecule has 106 valence electrons. The minimum absolute atomic E-state index is 0.253. The molecule has 3 aliphatic rings. The highest BCUT2D eigenvalue weighted by Gasteiger charge is 2.42. The van der Waals surface area contributed by atoms with E-state index in [-0.39, 0.29) is 5.92 Å². The van der Waals surface area contributed by atoms with Gasteiger partial charge in [-0.15, -0.1) is 0 Å². The van der Waals surface area contributed by atoms with Crippen molar-refractivity contribution in [2.24, 2.45) is 23.7 Å². The van der Waals surface area contributed by atoms with E-state index in [1.807, 2.05) is 0 Å². The van der Waals surface area contributed by atoms with Gasteiger partial charge in [0.1, 0.15) is 0 Å². The maximum absolute atomic E-state index is 9.38. The van der Waals surface area contributed by atoms with Gasteiger partial charge in [0.15, 0.2) is 0 Å². The lowest BCUT2D eigenvalue weighted by Crippen LogP contribution is -2.45. The molecule has 1 N–H and O–H groups in total. The van der Waals surface area contributed by atoms with Gasteiger partial charge < -0.3 is 5.32 Å². The van der Waals surface area contributed by atoms with Gasteiger partial charge in [0, 0.05) is 12.1 Å². The van der Waals surface area contributed by atoms with E-state index in [0.29, 0.717) is 12.1 Å². The molecule has 2 bridgehead atoms. The van der Waals surface area contributed by atoms with Crippen LogP contribution in [0.15, 0.2) is 0 Å². The van der Waals surface area contributed by atoms with Gasteiger partial charge in [0.2, 0.25) is 0 Å². The quantitative estimate of drug-likeness (QED) is 0.782. The fraction of sp³-hybridized carbons (Fsp3) is 0.941. The number of nitriles is 1. The summed E-state index contributed by atoms with van der Waals surface area (Å²) >= 11 is 0. The monoisotopic (exact) mass is 260 g/mol. The van der Waals surface area contributed by atoms with Gasteiger partial charge in [-0.3, -0.25) is 0 Å². The van der Waals surface area contributed by atoms with Crippen LogP contribution in [0.5, 0.6) is 0 Å². The summed E-state index contributed by atoms with van der Waals surface area (Å²) < 4.78 is 0. The number of hydrogen-bond acceptors (Lipinski definition) is 2. The number of fused-ring (bicyclic) bond motifs is 2. The Labute approximate surface area is 118 Å². The molecule has 2 nitrogen and oxygen atoms in total. The van der Waals surface area contributed by atoms with E-state index in [2.05, 4.69) is 18.3 Å². The molecule has 3 fully saturated rings. The maximum Gasteiger partial charge on any atom is 0.0672 e. The topological polar surface area (TPSA) is 35.8 Å². The number of hydrogen-bond donors (Lipinski definition) is 1.